The van der Waals surface area contributed by atoms with Crippen LogP contribution in [0.25, 0.3) is 0 Å². The molecule has 6 rings (SSSR count). The van der Waals surface area contributed by atoms with Gasteiger partial charge in [-0.15, -0.1) is 0 Å². The van der Waals surface area contributed by atoms with Crippen LogP contribution in [-0.2, 0) is 42.9 Å². The Kier molecular flexibility index (Phi) is 11.2. The summed E-state index contributed by atoms with van der Waals surface area (Å²) in [7, 11) is 0. The van der Waals surface area contributed by atoms with Gasteiger partial charge in [-0.2, -0.15) is 0 Å². The van der Waals surface area contributed by atoms with Gasteiger partial charge >= 0.3 is 24.0 Å². The molecule has 314 valence electrons. The SMILES string of the molecule is CC(=O)O[C@@]12CO[C@@H]1C[C@H](O)[C@@]1(C)C(=O)C(=O)C3C(C)[C@@H](OC(=O)[C@H](O)[C@@H](NC(=O)OC(C)(C)C)c4ccccc4)C[C@@](O)([C@@H](OC(=O)c4ccccc4)[C@@H]21)C3(C)C. The van der Waals surface area contributed by atoms with Crippen molar-refractivity contribution in [2.24, 2.45) is 28.6 Å². The number of nitrogens with one attached hydrogen (secondary N) is 1. The van der Waals surface area contributed by atoms with E-state index in [0.717, 1.165) is 6.92 Å². The van der Waals surface area contributed by atoms with E-state index < -0.39 is 124 Å². The number of ketones is 2. The Morgan fingerprint density at radius 2 is 1.55 bits per heavy atom. The van der Waals surface area contributed by atoms with E-state index in [4.69, 9.17) is 23.7 Å². The first-order valence-electron chi connectivity index (χ1n) is 19.5. The Morgan fingerprint density at radius 1 is 0.948 bits per heavy atom. The Hall–Kier alpha value is -4.70. The van der Waals surface area contributed by atoms with Crippen LogP contribution in [0, 0.1) is 28.6 Å². The highest BCUT2D eigenvalue weighted by Gasteiger charge is 2.79. The highest BCUT2D eigenvalue weighted by Crippen LogP contribution is 2.64. The molecule has 15 heteroatoms. The second-order valence-corrected chi connectivity index (χ2v) is 17.9. The van der Waals surface area contributed by atoms with Crippen molar-refractivity contribution in [2.45, 2.75) is 122 Å². The summed E-state index contributed by atoms with van der Waals surface area (Å²) in [4.78, 5) is 83.6. The van der Waals surface area contributed by atoms with Crippen molar-refractivity contribution in [1.82, 2.24) is 5.32 Å². The minimum absolute atomic E-state index is 0.0747. The zero-order valence-electron chi connectivity index (χ0n) is 33.9. The smallest absolute Gasteiger partial charge is 0.408 e. The second-order valence-electron chi connectivity index (χ2n) is 17.9. The first-order chi connectivity index (χ1) is 27.0. The number of aliphatic hydroxyl groups excluding tert-OH is 2. The topological polar surface area (TPSA) is 221 Å². The number of benzene rings is 2. The van der Waals surface area contributed by atoms with Gasteiger partial charge in [0.15, 0.2) is 11.7 Å². The molecule has 1 amide bonds. The molecule has 1 aliphatic heterocycles. The molecule has 58 heavy (non-hydrogen) atoms. The maximum absolute atomic E-state index is 14.9. The fourth-order valence-corrected chi connectivity index (χ4v) is 9.87. The minimum atomic E-state index is -2.36. The van der Waals surface area contributed by atoms with Crippen molar-refractivity contribution in [2.75, 3.05) is 6.61 Å². The Bertz CT molecular complexity index is 1950. The molecule has 0 radical (unpaired) electrons. The van der Waals surface area contributed by atoms with Crippen LogP contribution in [0.4, 0.5) is 4.79 Å². The summed E-state index contributed by atoms with van der Waals surface area (Å²) >= 11 is 0. The number of Topliss-reactive ketones (excluding diaryl/α,β-unsaturated/α-hetero) is 2. The van der Waals surface area contributed by atoms with Crippen LogP contribution in [0.3, 0.4) is 0 Å². The predicted octanol–water partition coefficient (Wildman–Crippen LogP) is 3.40. The molecule has 2 aromatic carbocycles. The van der Waals surface area contributed by atoms with Crippen molar-refractivity contribution < 1.29 is 67.8 Å². The number of carbonyl (C=O) groups is 6. The number of aliphatic hydroxyl groups is 3. The van der Waals surface area contributed by atoms with E-state index >= 15 is 0 Å². The van der Waals surface area contributed by atoms with Crippen LogP contribution in [0.1, 0.15) is 90.2 Å². The molecule has 1 saturated heterocycles. The number of carbonyl (C=O) groups excluding carboxylic acids is 6. The lowest BCUT2D eigenvalue weighted by Crippen LogP contribution is -2.82. The first kappa shape index (κ1) is 42.9. The lowest BCUT2D eigenvalue weighted by Gasteiger charge is -2.67. The second kappa shape index (κ2) is 15.2. The van der Waals surface area contributed by atoms with Gasteiger partial charge in [0.05, 0.1) is 35.6 Å². The van der Waals surface area contributed by atoms with Crippen LogP contribution >= 0.6 is 0 Å². The van der Waals surface area contributed by atoms with Crippen LogP contribution < -0.4 is 5.32 Å². The molecule has 3 saturated carbocycles. The standard InChI is InChI=1S/C43H53NO14/c1-22-26(55-37(51)32(48)30(24-15-11-9-12-16-24)44-38(52)58-39(3,4)5)20-43(53)35(56-36(50)25-17-13-10-14-18-25)33-41(8,34(49)31(47)29(22)40(43,6)7)27(46)19-28-42(33,21-54-28)57-23(2)45/h9-18,22,26-30,32-33,35,46,48,53H,19-21H2,1-8H3,(H,44,52)/t22?,26-,27-,28+,29?,30-,32+,33+,35-,41+,42-,43+/m0/s1. The normalized spacial score (nSPS) is 34.9. The Balaban J connectivity index is 1.46. The molecule has 0 spiro atoms. The lowest BCUT2D eigenvalue weighted by atomic mass is 9.42. The summed E-state index contributed by atoms with van der Waals surface area (Å²) in [5, 5.41) is 39.3. The Labute approximate surface area is 336 Å². The van der Waals surface area contributed by atoms with E-state index in [9.17, 15) is 44.1 Å². The molecule has 12 atom stereocenters. The van der Waals surface area contributed by atoms with Gasteiger partial charge in [0.2, 0.25) is 11.6 Å². The summed E-state index contributed by atoms with van der Waals surface area (Å²) in [5.74, 6) is -8.93. The number of ether oxygens (including phenoxy) is 5. The van der Waals surface area contributed by atoms with Crippen LogP contribution in [-0.4, -0.2) is 105 Å². The highest BCUT2D eigenvalue weighted by atomic mass is 16.6. The lowest BCUT2D eigenvalue weighted by molar-refractivity contribution is -0.350. The number of amides is 1. The summed E-state index contributed by atoms with van der Waals surface area (Å²) < 4.78 is 29.5. The monoisotopic (exact) mass is 807 g/mol. The molecular formula is C43H53NO14. The molecule has 3 aliphatic carbocycles. The molecule has 15 nitrogen and oxygen atoms in total. The predicted molar refractivity (Wildman–Crippen MR) is 203 cm³/mol. The van der Waals surface area contributed by atoms with E-state index in [0.29, 0.717) is 5.56 Å². The van der Waals surface area contributed by atoms with E-state index in [1.165, 1.54) is 19.1 Å². The molecule has 1 heterocycles. The molecule has 2 bridgehead atoms. The Morgan fingerprint density at radius 3 is 2.10 bits per heavy atom. The summed E-state index contributed by atoms with van der Waals surface area (Å²) in [6, 6.07) is 14.6. The molecule has 4 aliphatic rings. The van der Waals surface area contributed by atoms with Gasteiger partial charge in [0.1, 0.15) is 29.5 Å². The third-order valence-corrected chi connectivity index (χ3v) is 12.9. The first-order valence-corrected chi connectivity index (χ1v) is 19.5. The van der Waals surface area contributed by atoms with Gasteiger partial charge in [0.25, 0.3) is 0 Å². The van der Waals surface area contributed by atoms with Gasteiger partial charge in [-0.05, 0) is 45.4 Å². The average molecular weight is 808 g/mol. The van der Waals surface area contributed by atoms with E-state index in [-0.39, 0.29) is 18.6 Å². The fraction of sp³-hybridized carbons (Fsp3) is 0.581. The van der Waals surface area contributed by atoms with Crippen LogP contribution in [0.5, 0.6) is 0 Å². The van der Waals surface area contributed by atoms with Crippen molar-refractivity contribution in [3.63, 3.8) is 0 Å². The molecule has 4 N–H and O–H groups in total. The van der Waals surface area contributed by atoms with E-state index in [1.807, 2.05) is 0 Å². The fourth-order valence-electron chi connectivity index (χ4n) is 9.87. The molecular weight excluding hydrogens is 754 g/mol. The van der Waals surface area contributed by atoms with Gasteiger partial charge in [-0.25, -0.2) is 14.4 Å². The van der Waals surface area contributed by atoms with Crippen LogP contribution in [0.2, 0.25) is 0 Å². The van der Waals surface area contributed by atoms with Gasteiger partial charge in [0, 0.05) is 37.0 Å². The summed E-state index contributed by atoms with van der Waals surface area (Å²) in [6.07, 6.45) is -9.48. The maximum atomic E-state index is 14.9. The summed E-state index contributed by atoms with van der Waals surface area (Å²) in [5.41, 5.74) is -8.31. The number of alkyl carbamates (subject to hydrolysis) is 1. The van der Waals surface area contributed by atoms with Crippen molar-refractivity contribution in [3.8, 4) is 0 Å². The van der Waals surface area contributed by atoms with Crippen molar-refractivity contribution in [1.29, 1.82) is 0 Å². The zero-order chi connectivity index (χ0) is 42.7. The van der Waals surface area contributed by atoms with E-state index in [2.05, 4.69) is 5.32 Å². The molecule has 2 aromatic rings. The quantitative estimate of drug-likeness (QED) is 0.171. The molecule has 4 fully saturated rings. The third-order valence-electron chi connectivity index (χ3n) is 12.9. The number of rotatable bonds is 8. The van der Waals surface area contributed by atoms with Crippen molar-refractivity contribution >= 4 is 35.6 Å². The molecule has 0 aromatic heterocycles. The van der Waals surface area contributed by atoms with Gasteiger partial charge in [-0.1, -0.05) is 69.3 Å². The van der Waals surface area contributed by atoms with Gasteiger partial charge < -0.3 is 44.3 Å². The van der Waals surface area contributed by atoms with Crippen molar-refractivity contribution in [3.05, 3.63) is 71.8 Å². The number of hydrogen-bond acceptors (Lipinski definition) is 14. The average Bonchev–Trinajstić information content (AvgIpc) is 3.14. The zero-order valence-corrected chi connectivity index (χ0v) is 33.9. The minimum Gasteiger partial charge on any atom is -0.460 e. The number of esters is 3. The van der Waals surface area contributed by atoms with E-state index in [1.54, 1.807) is 90.1 Å². The number of hydrogen-bond donors (Lipinski definition) is 4. The third kappa shape index (κ3) is 7.09. The molecule has 2 unspecified atom stereocenters. The number of fused-ring (bicyclic) bond motifs is 5. The summed E-state index contributed by atoms with van der Waals surface area (Å²) in [6.45, 7) is 11.8. The largest absolute Gasteiger partial charge is 0.460 e. The van der Waals surface area contributed by atoms with Crippen LogP contribution in [0.15, 0.2) is 60.7 Å². The maximum Gasteiger partial charge on any atom is 0.408 e. The van der Waals surface area contributed by atoms with Gasteiger partial charge in [-0.3, -0.25) is 14.4 Å². The highest BCUT2D eigenvalue weighted by molar-refractivity contribution is 6.40.